The van der Waals surface area contributed by atoms with E-state index in [1.165, 1.54) is 59.3 Å². The molecular weight excluding hydrogens is 776 g/mol. The van der Waals surface area contributed by atoms with Gasteiger partial charge in [-0.1, -0.05) is 52.8 Å². The second-order valence-corrected chi connectivity index (χ2v) is 16.8. The molecule has 0 saturated carbocycles. The number of carbonyl (C=O) groups is 4. The summed E-state index contributed by atoms with van der Waals surface area (Å²) in [6.07, 6.45) is 5.32. The number of ether oxygens (including phenoxy) is 5. The fourth-order valence-corrected chi connectivity index (χ4v) is 8.24. The van der Waals surface area contributed by atoms with E-state index < -0.39 is 89.6 Å². The Hall–Kier alpha value is -5.12. The largest absolute Gasteiger partial charge is 0.507 e. The zero-order chi connectivity index (χ0) is 44.4. The van der Waals surface area contributed by atoms with Crippen LogP contribution in [0.5, 0.6) is 23.0 Å². The highest BCUT2D eigenvalue weighted by molar-refractivity contribution is 6.21. The normalized spacial score (nSPS) is 31.5. The van der Waals surface area contributed by atoms with Gasteiger partial charge in [0.05, 0.1) is 41.2 Å². The summed E-state index contributed by atoms with van der Waals surface area (Å²) in [7, 11) is 1.44. The third kappa shape index (κ3) is 9.27. The minimum Gasteiger partial charge on any atom is -0.507 e. The van der Waals surface area contributed by atoms with Gasteiger partial charge in [-0.05, 0) is 38.7 Å². The van der Waals surface area contributed by atoms with Crippen molar-refractivity contribution in [3.63, 3.8) is 0 Å². The number of carbonyl (C=O) groups excluding carboxylic acids is 4. The van der Waals surface area contributed by atoms with E-state index in [0.717, 1.165) is 12.8 Å². The Kier molecular flexibility index (Phi) is 14.3. The van der Waals surface area contributed by atoms with Crippen molar-refractivity contribution in [1.82, 2.24) is 4.90 Å². The summed E-state index contributed by atoms with van der Waals surface area (Å²) in [5, 5.41) is 48.6. The van der Waals surface area contributed by atoms with Gasteiger partial charge in [-0.3, -0.25) is 19.2 Å². The number of Topliss-reactive ketones (excluding diaryl/α,β-unsaturated/α-hetero) is 1. The number of aromatic hydroxyl groups is 2. The number of hydrogen-bond donors (Lipinski definition) is 5. The number of esters is 1. The molecule has 4 heterocycles. The Morgan fingerprint density at radius 3 is 2.25 bits per heavy atom. The molecule has 6 rings (SSSR count). The topological polar surface area (TPSA) is 211 Å². The number of rotatable bonds is 5. The van der Waals surface area contributed by atoms with E-state index >= 15 is 0 Å². The summed E-state index contributed by atoms with van der Waals surface area (Å²) in [5.74, 6) is -7.39. The third-order valence-electron chi connectivity index (χ3n) is 12.3. The van der Waals surface area contributed by atoms with E-state index in [1.54, 1.807) is 44.7 Å². The predicted molar refractivity (Wildman–Crippen MR) is 223 cm³/mol. The molecule has 5 N–H and O–H groups in total. The van der Waals surface area contributed by atoms with E-state index in [4.69, 9.17) is 23.7 Å². The van der Waals surface area contributed by atoms with Crippen molar-refractivity contribution < 1.29 is 63.3 Å². The quantitative estimate of drug-likeness (QED) is 0.181. The van der Waals surface area contributed by atoms with E-state index in [0.29, 0.717) is 19.0 Å². The van der Waals surface area contributed by atoms with Gasteiger partial charge in [-0.2, -0.15) is 0 Å². The standard InChI is InChI=1S/C45H60N2O13/c1-22-14-17-47(18-15-22)33(49)21-57-32-20-30-40(53)35-34(32)36-42(28(7)39(35)52)60-45(9,43(36)54)58-19-16-31(56-10)25(4)41(59-29(8)48)27(6)38(51)26(5)37(50)23(2)12-11-13-24(3)44(55)46-30/h11-13,16,19-20,22-23,25-27,31,37-38,41,50-53H,14-15,17-18,21H2,1-10H3,(H,46,55)/b12-11+,19-16+,24-13-/t23-,25-,26-,27-,31+,37-,38+,41-,45+/m1/s1. The van der Waals surface area contributed by atoms with Gasteiger partial charge < -0.3 is 54.3 Å². The maximum atomic E-state index is 14.5. The number of ketones is 1. The minimum atomic E-state index is -2.02. The summed E-state index contributed by atoms with van der Waals surface area (Å²) in [6.45, 7) is 15.4. The first-order chi connectivity index (χ1) is 28.2. The molecule has 0 aliphatic carbocycles. The molecular formula is C45H60N2O13. The number of methoxy groups -OCH3 is 1. The van der Waals surface area contributed by atoms with Crippen LogP contribution in [-0.4, -0.2) is 106 Å². The maximum absolute atomic E-state index is 14.5. The summed E-state index contributed by atoms with van der Waals surface area (Å²) in [4.78, 5) is 55.5. The number of phenols is 2. The van der Waals surface area contributed by atoms with Crippen molar-refractivity contribution in [2.75, 3.05) is 32.1 Å². The number of anilines is 1. The van der Waals surface area contributed by atoms with Crippen molar-refractivity contribution in [1.29, 1.82) is 0 Å². The van der Waals surface area contributed by atoms with Crippen LogP contribution in [0, 0.1) is 36.5 Å². The number of fused-ring (bicyclic) bond motifs is 14. The number of aliphatic hydroxyl groups is 2. The van der Waals surface area contributed by atoms with Gasteiger partial charge in [0.1, 0.15) is 23.4 Å². The Balaban J connectivity index is 1.65. The molecule has 15 heteroatoms. The van der Waals surface area contributed by atoms with Crippen molar-refractivity contribution in [3.05, 3.63) is 53.3 Å². The van der Waals surface area contributed by atoms with Crippen LogP contribution < -0.4 is 14.8 Å². The number of allylic oxidation sites excluding steroid dienone is 2. The van der Waals surface area contributed by atoms with Gasteiger partial charge in [0, 0.05) is 80.3 Å². The molecule has 9 atom stereocenters. The van der Waals surface area contributed by atoms with E-state index in [-0.39, 0.29) is 50.6 Å². The number of hydrogen-bond acceptors (Lipinski definition) is 13. The molecule has 60 heavy (non-hydrogen) atoms. The average Bonchev–Trinajstić information content (AvgIpc) is 3.48. The van der Waals surface area contributed by atoms with Crippen molar-refractivity contribution >= 4 is 40.0 Å². The van der Waals surface area contributed by atoms with E-state index in [2.05, 4.69) is 12.2 Å². The number of benzene rings is 2. The smallest absolute Gasteiger partial charge is 0.312 e. The van der Waals surface area contributed by atoms with Crippen molar-refractivity contribution in [2.24, 2.45) is 29.6 Å². The van der Waals surface area contributed by atoms with Gasteiger partial charge in [-0.25, -0.2) is 0 Å². The third-order valence-corrected chi connectivity index (χ3v) is 12.3. The molecule has 0 aromatic heterocycles. The molecule has 328 valence electrons. The highest BCUT2D eigenvalue weighted by Crippen LogP contribution is 2.54. The van der Waals surface area contributed by atoms with Crippen LogP contribution in [0.2, 0.25) is 0 Å². The average molecular weight is 837 g/mol. The molecule has 2 aromatic carbocycles. The monoisotopic (exact) mass is 836 g/mol. The first kappa shape index (κ1) is 46.0. The number of amides is 2. The van der Waals surface area contributed by atoms with Crippen LogP contribution in [-0.2, 0) is 28.6 Å². The molecule has 1 saturated heterocycles. The van der Waals surface area contributed by atoms with Crippen LogP contribution in [0.4, 0.5) is 5.69 Å². The van der Waals surface area contributed by atoms with E-state index in [1.807, 2.05) is 0 Å². The van der Waals surface area contributed by atoms with Gasteiger partial charge in [0.15, 0.2) is 12.4 Å². The lowest BCUT2D eigenvalue weighted by atomic mass is 9.78. The highest BCUT2D eigenvalue weighted by Gasteiger charge is 2.50. The first-order valence-electron chi connectivity index (χ1n) is 20.5. The molecule has 4 aliphatic rings. The Morgan fingerprint density at radius 2 is 1.62 bits per heavy atom. The van der Waals surface area contributed by atoms with E-state index in [9.17, 15) is 39.6 Å². The molecule has 4 aliphatic heterocycles. The van der Waals surface area contributed by atoms with Crippen LogP contribution in [0.1, 0.15) is 84.2 Å². The number of likely N-dealkylation sites (tertiary alicyclic amines) is 1. The maximum Gasteiger partial charge on any atom is 0.312 e. The van der Waals surface area contributed by atoms with Gasteiger partial charge in [0.2, 0.25) is 0 Å². The van der Waals surface area contributed by atoms with Crippen LogP contribution >= 0.6 is 0 Å². The zero-order valence-corrected chi connectivity index (χ0v) is 36.1. The second-order valence-electron chi connectivity index (χ2n) is 16.8. The molecule has 2 aromatic rings. The van der Waals surface area contributed by atoms with Crippen LogP contribution in [0.25, 0.3) is 10.8 Å². The van der Waals surface area contributed by atoms with Crippen molar-refractivity contribution in [2.45, 2.75) is 105 Å². The van der Waals surface area contributed by atoms with Gasteiger partial charge >= 0.3 is 11.8 Å². The molecule has 2 amide bonds. The first-order valence-corrected chi connectivity index (χ1v) is 20.5. The number of phenolic OH excluding ortho intramolecular Hbond substituents is 2. The van der Waals surface area contributed by atoms with Gasteiger partial charge in [-0.15, -0.1) is 0 Å². The number of nitrogens with zero attached hydrogens (tertiary/aromatic N) is 1. The lowest BCUT2D eigenvalue weighted by Crippen LogP contribution is -2.46. The molecule has 0 radical (unpaired) electrons. The molecule has 0 unspecified atom stereocenters. The SMILES string of the molecule is CO[C@H]1/C=C/O[C@@]2(C)Oc3c(C)c(O)c4c(O)c(cc(OCC(=O)N5CCC(C)CC5)c4c3C2=O)NC(=O)/C(C)=C\C=C\[C@@H](C)[C@@H](O)[C@@H](C)[C@H](O)[C@@H](C)[C@H](OC(C)=O)[C@@H]1C. The Labute approximate surface area is 351 Å². The number of piperidine rings is 1. The lowest BCUT2D eigenvalue weighted by molar-refractivity contribution is -0.160. The van der Waals surface area contributed by atoms with Crippen LogP contribution in [0.3, 0.4) is 0 Å². The Bertz CT molecular complexity index is 2070. The van der Waals surface area contributed by atoms with Crippen LogP contribution in [0.15, 0.2) is 42.2 Å². The highest BCUT2D eigenvalue weighted by atomic mass is 16.7. The fourth-order valence-electron chi connectivity index (χ4n) is 8.24. The van der Waals surface area contributed by atoms with Gasteiger partial charge in [0.25, 0.3) is 17.6 Å². The fraction of sp³-hybridized carbons (Fsp3) is 0.556. The minimum absolute atomic E-state index is 0.0469. The van der Waals surface area contributed by atoms with Crippen molar-refractivity contribution in [3.8, 4) is 23.0 Å². The molecule has 1 fully saturated rings. The lowest BCUT2D eigenvalue weighted by Gasteiger charge is -2.38. The predicted octanol–water partition coefficient (Wildman–Crippen LogP) is 5.69. The summed E-state index contributed by atoms with van der Waals surface area (Å²) in [5.41, 5.74) is 0.0331. The summed E-state index contributed by atoms with van der Waals surface area (Å²) in [6, 6.07) is 1.29. The molecule has 0 spiro atoms. The summed E-state index contributed by atoms with van der Waals surface area (Å²) >= 11 is 0. The number of aliphatic hydroxyl groups excluding tert-OH is 2. The zero-order valence-electron chi connectivity index (χ0n) is 36.1. The number of nitrogens with one attached hydrogen (secondary N) is 1. The molecule has 5 bridgehead atoms. The Morgan fingerprint density at radius 1 is 0.950 bits per heavy atom. The summed E-state index contributed by atoms with van der Waals surface area (Å²) < 4.78 is 29.9. The molecule has 15 nitrogen and oxygen atoms in total. The second kappa shape index (κ2) is 18.7.